The van der Waals surface area contributed by atoms with Gasteiger partial charge in [-0.05, 0) is 73.9 Å². The smallest absolute Gasteiger partial charge is 0.250 e. The summed E-state index contributed by atoms with van der Waals surface area (Å²) in [6.07, 6.45) is 7.16. The number of anilines is 1. The Hall–Kier alpha value is -2.69. The number of nitrogens with zero attached hydrogens (tertiary/aromatic N) is 3. The first-order valence-corrected chi connectivity index (χ1v) is 9.90. The van der Waals surface area contributed by atoms with Crippen LogP contribution in [0.25, 0.3) is 10.9 Å². The number of nitrogens with one attached hydrogen (secondary N) is 1. The average molecular weight is 360 g/mol. The minimum Gasteiger partial charge on any atom is -0.357 e. The highest BCUT2D eigenvalue weighted by Crippen LogP contribution is 2.32. The first-order valence-electron chi connectivity index (χ1n) is 9.90. The second kappa shape index (κ2) is 6.48. The maximum Gasteiger partial charge on any atom is 0.250 e. The van der Waals surface area contributed by atoms with E-state index in [0.29, 0.717) is 5.92 Å². The number of H-pyrrole nitrogens is 1. The van der Waals surface area contributed by atoms with Crippen molar-refractivity contribution in [2.75, 3.05) is 18.0 Å². The molecule has 5 rings (SSSR count). The fraction of sp³-hybridized carbons (Fsp3) is 0.409. The summed E-state index contributed by atoms with van der Waals surface area (Å²) in [7, 11) is 0. The number of hydrogen-bond acceptors (Lipinski definition) is 4. The maximum absolute atomic E-state index is 11.5. The van der Waals surface area contributed by atoms with Gasteiger partial charge in [0, 0.05) is 30.5 Å². The highest BCUT2D eigenvalue weighted by molar-refractivity contribution is 5.85. The van der Waals surface area contributed by atoms with Crippen LogP contribution in [0.3, 0.4) is 0 Å². The second-order valence-electron chi connectivity index (χ2n) is 7.89. The van der Waals surface area contributed by atoms with Crippen LogP contribution in [-0.4, -0.2) is 28.0 Å². The Morgan fingerprint density at radius 1 is 1.07 bits per heavy atom. The topological polar surface area (TPSA) is 61.9 Å². The summed E-state index contributed by atoms with van der Waals surface area (Å²) in [6.45, 7) is 4.09. The van der Waals surface area contributed by atoms with E-state index in [1.54, 1.807) is 6.07 Å². The molecule has 0 radical (unpaired) electrons. The van der Waals surface area contributed by atoms with E-state index in [4.69, 9.17) is 4.98 Å². The molecule has 5 nitrogen and oxygen atoms in total. The van der Waals surface area contributed by atoms with E-state index in [1.165, 1.54) is 47.7 Å². The van der Waals surface area contributed by atoms with Crippen molar-refractivity contribution < 1.29 is 0 Å². The number of fused-ring (bicyclic) bond motifs is 2. The fourth-order valence-electron chi connectivity index (χ4n) is 4.62. The minimum absolute atomic E-state index is 0.0678. The number of aryl methyl sites for hydroxylation is 3. The molecular weight excluding hydrogens is 336 g/mol. The molecule has 5 heteroatoms. The van der Waals surface area contributed by atoms with Crippen LogP contribution >= 0.6 is 0 Å². The maximum atomic E-state index is 11.5. The molecule has 0 amide bonds. The van der Waals surface area contributed by atoms with E-state index < -0.39 is 0 Å². The van der Waals surface area contributed by atoms with Crippen molar-refractivity contribution in [2.45, 2.75) is 44.9 Å². The molecule has 1 N–H and O–H groups in total. The summed E-state index contributed by atoms with van der Waals surface area (Å²) >= 11 is 0. The van der Waals surface area contributed by atoms with Crippen molar-refractivity contribution in [1.82, 2.24) is 15.0 Å². The van der Waals surface area contributed by atoms with Gasteiger partial charge in [-0.25, -0.2) is 9.97 Å². The Kier molecular flexibility index (Phi) is 3.96. The Labute approximate surface area is 158 Å². The monoisotopic (exact) mass is 360 g/mol. The van der Waals surface area contributed by atoms with Gasteiger partial charge in [-0.1, -0.05) is 0 Å². The molecule has 1 saturated heterocycles. The van der Waals surface area contributed by atoms with E-state index >= 15 is 0 Å². The molecule has 27 heavy (non-hydrogen) atoms. The highest BCUT2D eigenvalue weighted by Gasteiger charge is 2.23. The van der Waals surface area contributed by atoms with E-state index in [2.05, 4.69) is 40.0 Å². The first kappa shape index (κ1) is 16.5. The van der Waals surface area contributed by atoms with Crippen LogP contribution in [0.1, 0.15) is 47.6 Å². The third-order valence-electron chi connectivity index (χ3n) is 6.15. The van der Waals surface area contributed by atoms with Gasteiger partial charge in [0.05, 0.1) is 17.5 Å². The van der Waals surface area contributed by atoms with Gasteiger partial charge in [0.15, 0.2) is 0 Å². The molecule has 0 spiro atoms. The molecular formula is C22H24N4O. The standard InChI is InChI=1S/C22H24N4O/c1-14-9-21(25-20-11-17-4-2-3-16(17)10-18(14)20)26-7-5-15(6-8-26)19-12-22(27)24-13-23-19/h9-13,15H,2-8H2,1H3,(H,23,24,27). The molecule has 3 heterocycles. The predicted octanol–water partition coefficient (Wildman–Crippen LogP) is 3.50. The summed E-state index contributed by atoms with van der Waals surface area (Å²) in [5, 5.41) is 1.29. The van der Waals surface area contributed by atoms with Crippen molar-refractivity contribution in [3.8, 4) is 0 Å². The van der Waals surface area contributed by atoms with Gasteiger partial charge in [0.2, 0.25) is 0 Å². The van der Waals surface area contributed by atoms with Crippen LogP contribution < -0.4 is 10.5 Å². The van der Waals surface area contributed by atoms with Gasteiger partial charge in [0.1, 0.15) is 5.82 Å². The average Bonchev–Trinajstić information content (AvgIpc) is 3.14. The normalized spacial score (nSPS) is 17.4. The zero-order chi connectivity index (χ0) is 18.4. The second-order valence-corrected chi connectivity index (χ2v) is 7.89. The van der Waals surface area contributed by atoms with E-state index in [1.807, 2.05) is 0 Å². The third-order valence-corrected chi connectivity index (χ3v) is 6.15. The van der Waals surface area contributed by atoms with E-state index in [9.17, 15) is 4.79 Å². The molecule has 3 aromatic rings. The molecule has 0 saturated carbocycles. The third kappa shape index (κ3) is 3.01. The van der Waals surface area contributed by atoms with Crippen LogP contribution in [0.5, 0.6) is 0 Å². The molecule has 0 unspecified atom stereocenters. The lowest BCUT2D eigenvalue weighted by atomic mass is 9.93. The Bertz CT molecular complexity index is 1060. The quantitative estimate of drug-likeness (QED) is 0.760. The number of benzene rings is 1. The van der Waals surface area contributed by atoms with Crippen LogP contribution in [0.2, 0.25) is 0 Å². The van der Waals surface area contributed by atoms with Crippen molar-refractivity contribution >= 4 is 16.7 Å². The van der Waals surface area contributed by atoms with E-state index in [0.717, 1.165) is 43.0 Å². The molecule has 1 aliphatic heterocycles. The van der Waals surface area contributed by atoms with Crippen LogP contribution in [0.4, 0.5) is 5.82 Å². The van der Waals surface area contributed by atoms with Crippen LogP contribution in [0.15, 0.2) is 35.4 Å². The number of rotatable bonds is 2. The summed E-state index contributed by atoms with van der Waals surface area (Å²) in [5.74, 6) is 1.43. The van der Waals surface area contributed by atoms with Gasteiger partial charge in [-0.2, -0.15) is 0 Å². The Morgan fingerprint density at radius 3 is 2.63 bits per heavy atom. The SMILES string of the molecule is Cc1cc(N2CCC(c3cc(=O)[nH]cn3)CC2)nc2cc3c(cc12)CCC3. The number of hydrogen-bond donors (Lipinski definition) is 1. The van der Waals surface area contributed by atoms with Crippen molar-refractivity contribution in [2.24, 2.45) is 0 Å². The van der Waals surface area contributed by atoms with Crippen molar-refractivity contribution in [1.29, 1.82) is 0 Å². The highest BCUT2D eigenvalue weighted by atomic mass is 16.1. The summed E-state index contributed by atoms with van der Waals surface area (Å²) in [5.41, 5.74) is 6.27. The number of aromatic nitrogens is 3. The van der Waals surface area contributed by atoms with Gasteiger partial charge < -0.3 is 9.88 Å². The lowest BCUT2D eigenvalue weighted by Crippen LogP contribution is -2.34. The summed E-state index contributed by atoms with van der Waals surface area (Å²) in [6, 6.07) is 8.53. The molecule has 0 bridgehead atoms. The number of piperidine rings is 1. The molecule has 2 aliphatic rings. The van der Waals surface area contributed by atoms with E-state index in [-0.39, 0.29) is 5.56 Å². The van der Waals surface area contributed by atoms with Gasteiger partial charge in [-0.15, -0.1) is 0 Å². The fourth-order valence-corrected chi connectivity index (χ4v) is 4.62. The number of aromatic amines is 1. The molecule has 138 valence electrons. The lowest BCUT2D eigenvalue weighted by molar-refractivity contribution is 0.493. The van der Waals surface area contributed by atoms with Gasteiger partial charge >= 0.3 is 0 Å². The molecule has 1 fully saturated rings. The lowest BCUT2D eigenvalue weighted by Gasteiger charge is -2.32. The van der Waals surface area contributed by atoms with Crippen LogP contribution in [0, 0.1) is 6.92 Å². The van der Waals surface area contributed by atoms with Gasteiger partial charge in [-0.3, -0.25) is 4.79 Å². The first-order chi connectivity index (χ1) is 13.2. The zero-order valence-electron chi connectivity index (χ0n) is 15.7. The Balaban J connectivity index is 1.40. The molecule has 2 aromatic heterocycles. The van der Waals surface area contributed by atoms with Crippen LogP contribution in [-0.2, 0) is 12.8 Å². The zero-order valence-corrected chi connectivity index (χ0v) is 15.7. The molecule has 1 aliphatic carbocycles. The Morgan fingerprint density at radius 2 is 1.85 bits per heavy atom. The number of pyridine rings is 1. The molecule has 1 aromatic carbocycles. The predicted molar refractivity (Wildman–Crippen MR) is 108 cm³/mol. The van der Waals surface area contributed by atoms with Crippen molar-refractivity contribution in [3.05, 3.63) is 63.3 Å². The molecule has 0 atom stereocenters. The summed E-state index contributed by atoms with van der Waals surface area (Å²) < 4.78 is 0. The van der Waals surface area contributed by atoms with Crippen molar-refractivity contribution in [3.63, 3.8) is 0 Å². The summed E-state index contributed by atoms with van der Waals surface area (Å²) in [4.78, 5) is 25.9. The minimum atomic E-state index is -0.0678. The largest absolute Gasteiger partial charge is 0.357 e. The van der Waals surface area contributed by atoms with Gasteiger partial charge in [0.25, 0.3) is 5.56 Å².